The third-order valence-electron chi connectivity index (χ3n) is 4.35. The molecular weight excluding hydrogens is 316 g/mol. The predicted octanol–water partition coefficient (Wildman–Crippen LogP) is 2.21. The summed E-state index contributed by atoms with van der Waals surface area (Å²) < 4.78 is 5.81. The van der Waals surface area contributed by atoms with Crippen molar-refractivity contribution in [1.82, 2.24) is 15.1 Å². The maximum absolute atomic E-state index is 12.6. The SMILES string of the molecule is Cc1cccc(OC(C)C(=O)N2CCN(c3ccc(C)nn3)CC2)c1. The van der Waals surface area contributed by atoms with Gasteiger partial charge in [0.2, 0.25) is 0 Å². The Bertz CT molecular complexity index is 724. The Morgan fingerprint density at radius 1 is 1.08 bits per heavy atom. The summed E-state index contributed by atoms with van der Waals surface area (Å²) in [5.74, 6) is 1.62. The number of aryl methyl sites for hydroxylation is 2. The van der Waals surface area contributed by atoms with E-state index < -0.39 is 6.10 Å². The molecule has 6 nitrogen and oxygen atoms in total. The summed E-state index contributed by atoms with van der Waals surface area (Å²) in [6.07, 6.45) is -0.493. The van der Waals surface area contributed by atoms with Gasteiger partial charge in [0.25, 0.3) is 5.91 Å². The van der Waals surface area contributed by atoms with Gasteiger partial charge in [-0.05, 0) is 50.6 Å². The molecule has 0 saturated carbocycles. The number of carbonyl (C=O) groups is 1. The van der Waals surface area contributed by atoms with Crippen LogP contribution in [0.2, 0.25) is 0 Å². The summed E-state index contributed by atoms with van der Waals surface area (Å²) in [6.45, 7) is 8.56. The minimum atomic E-state index is -0.493. The second-order valence-corrected chi connectivity index (χ2v) is 6.42. The Morgan fingerprint density at radius 3 is 2.48 bits per heavy atom. The molecule has 3 rings (SSSR count). The van der Waals surface area contributed by atoms with Crippen molar-refractivity contribution in [3.05, 3.63) is 47.7 Å². The molecule has 6 heteroatoms. The van der Waals surface area contributed by atoms with Crippen LogP contribution in [-0.2, 0) is 4.79 Å². The van der Waals surface area contributed by atoms with Crippen LogP contribution in [0.5, 0.6) is 5.75 Å². The van der Waals surface area contributed by atoms with Crippen molar-refractivity contribution in [3.8, 4) is 5.75 Å². The van der Waals surface area contributed by atoms with E-state index in [9.17, 15) is 4.79 Å². The second-order valence-electron chi connectivity index (χ2n) is 6.42. The molecular formula is C19H24N4O2. The van der Waals surface area contributed by atoms with E-state index in [0.29, 0.717) is 13.1 Å². The molecule has 1 atom stereocenters. The van der Waals surface area contributed by atoms with Gasteiger partial charge in [0.05, 0.1) is 5.69 Å². The first-order valence-corrected chi connectivity index (χ1v) is 8.60. The Labute approximate surface area is 148 Å². The average molecular weight is 340 g/mol. The van der Waals surface area contributed by atoms with Crippen LogP contribution in [-0.4, -0.2) is 53.3 Å². The van der Waals surface area contributed by atoms with Crippen LogP contribution in [0.15, 0.2) is 36.4 Å². The molecule has 0 spiro atoms. The van der Waals surface area contributed by atoms with E-state index in [-0.39, 0.29) is 5.91 Å². The van der Waals surface area contributed by atoms with Crippen LogP contribution in [0.25, 0.3) is 0 Å². The van der Waals surface area contributed by atoms with Crippen molar-refractivity contribution in [2.75, 3.05) is 31.1 Å². The first kappa shape index (κ1) is 17.2. The molecule has 1 aliphatic heterocycles. The van der Waals surface area contributed by atoms with Crippen molar-refractivity contribution >= 4 is 11.7 Å². The number of carbonyl (C=O) groups excluding carboxylic acids is 1. The summed E-state index contributed by atoms with van der Waals surface area (Å²) in [5.41, 5.74) is 2.02. The molecule has 1 amide bonds. The van der Waals surface area contributed by atoms with Gasteiger partial charge < -0.3 is 14.5 Å². The molecule has 2 heterocycles. The van der Waals surface area contributed by atoms with Crippen LogP contribution < -0.4 is 9.64 Å². The number of hydrogen-bond acceptors (Lipinski definition) is 5. The highest BCUT2D eigenvalue weighted by molar-refractivity contribution is 5.81. The number of ether oxygens (including phenoxy) is 1. The molecule has 0 radical (unpaired) electrons. The molecule has 0 N–H and O–H groups in total. The van der Waals surface area contributed by atoms with Crippen molar-refractivity contribution in [2.24, 2.45) is 0 Å². The van der Waals surface area contributed by atoms with Crippen molar-refractivity contribution in [2.45, 2.75) is 26.9 Å². The van der Waals surface area contributed by atoms with Gasteiger partial charge in [0.1, 0.15) is 5.75 Å². The zero-order valence-corrected chi connectivity index (χ0v) is 15.0. The van der Waals surface area contributed by atoms with Gasteiger partial charge in [-0.3, -0.25) is 4.79 Å². The van der Waals surface area contributed by atoms with E-state index in [1.54, 1.807) is 0 Å². The number of anilines is 1. The first-order chi connectivity index (χ1) is 12.0. The van der Waals surface area contributed by atoms with Gasteiger partial charge in [0.15, 0.2) is 11.9 Å². The third kappa shape index (κ3) is 4.26. The topological polar surface area (TPSA) is 58.6 Å². The minimum absolute atomic E-state index is 0.0242. The van der Waals surface area contributed by atoms with E-state index >= 15 is 0 Å². The van der Waals surface area contributed by atoms with Crippen molar-refractivity contribution < 1.29 is 9.53 Å². The largest absolute Gasteiger partial charge is 0.481 e. The number of amides is 1. The molecule has 1 fully saturated rings. The van der Waals surface area contributed by atoms with E-state index in [2.05, 4.69) is 15.1 Å². The molecule has 132 valence electrons. The van der Waals surface area contributed by atoms with E-state index in [1.165, 1.54) is 0 Å². The van der Waals surface area contributed by atoms with Crippen LogP contribution >= 0.6 is 0 Å². The predicted molar refractivity (Wildman–Crippen MR) is 96.8 cm³/mol. The Balaban J connectivity index is 1.54. The summed E-state index contributed by atoms with van der Waals surface area (Å²) in [6, 6.07) is 11.7. The highest BCUT2D eigenvalue weighted by atomic mass is 16.5. The van der Waals surface area contributed by atoms with Crippen LogP contribution in [0.3, 0.4) is 0 Å². The summed E-state index contributed by atoms with van der Waals surface area (Å²) >= 11 is 0. The van der Waals surface area contributed by atoms with Gasteiger partial charge in [-0.1, -0.05) is 12.1 Å². The van der Waals surface area contributed by atoms with Gasteiger partial charge in [-0.25, -0.2) is 0 Å². The average Bonchev–Trinajstić information content (AvgIpc) is 2.62. The summed E-state index contributed by atoms with van der Waals surface area (Å²) in [4.78, 5) is 16.6. The van der Waals surface area contributed by atoms with Gasteiger partial charge in [-0.15, -0.1) is 5.10 Å². The summed E-state index contributed by atoms with van der Waals surface area (Å²) in [7, 11) is 0. The quantitative estimate of drug-likeness (QED) is 0.854. The van der Waals surface area contributed by atoms with Crippen LogP contribution in [0.4, 0.5) is 5.82 Å². The van der Waals surface area contributed by atoms with Crippen molar-refractivity contribution in [3.63, 3.8) is 0 Å². The summed E-state index contributed by atoms with van der Waals surface area (Å²) in [5, 5.41) is 8.32. The number of piperazine rings is 1. The fourth-order valence-electron chi connectivity index (χ4n) is 2.92. The Hall–Kier alpha value is -2.63. The fraction of sp³-hybridized carbons (Fsp3) is 0.421. The molecule has 1 unspecified atom stereocenters. The molecule has 25 heavy (non-hydrogen) atoms. The van der Waals surface area contributed by atoms with E-state index in [0.717, 1.165) is 35.9 Å². The number of benzene rings is 1. The molecule has 2 aromatic rings. The fourth-order valence-corrected chi connectivity index (χ4v) is 2.92. The normalized spacial score (nSPS) is 15.8. The zero-order valence-electron chi connectivity index (χ0n) is 15.0. The molecule has 0 aliphatic carbocycles. The Morgan fingerprint density at radius 2 is 1.84 bits per heavy atom. The number of nitrogens with zero attached hydrogens (tertiary/aromatic N) is 4. The van der Waals surface area contributed by atoms with Gasteiger partial charge in [-0.2, -0.15) is 5.10 Å². The lowest BCUT2D eigenvalue weighted by Crippen LogP contribution is -2.52. The monoisotopic (exact) mass is 340 g/mol. The van der Waals surface area contributed by atoms with E-state index in [4.69, 9.17) is 4.74 Å². The minimum Gasteiger partial charge on any atom is -0.481 e. The second kappa shape index (κ2) is 7.51. The van der Waals surface area contributed by atoms with Gasteiger partial charge >= 0.3 is 0 Å². The van der Waals surface area contributed by atoms with Gasteiger partial charge in [0, 0.05) is 26.2 Å². The highest BCUT2D eigenvalue weighted by Crippen LogP contribution is 2.17. The molecule has 1 saturated heterocycles. The number of rotatable bonds is 4. The third-order valence-corrected chi connectivity index (χ3v) is 4.35. The number of aromatic nitrogens is 2. The highest BCUT2D eigenvalue weighted by Gasteiger charge is 2.26. The van der Waals surface area contributed by atoms with Crippen LogP contribution in [0, 0.1) is 13.8 Å². The van der Waals surface area contributed by atoms with Crippen LogP contribution in [0.1, 0.15) is 18.2 Å². The maximum atomic E-state index is 12.6. The van der Waals surface area contributed by atoms with E-state index in [1.807, 2.05) is 62.1 Å². The lowest BCUT2D eigenvalue weighted by Gasteiger charge is -2.36. The maximum Gasteiger partial charge on any atom is 0.263 e. The first-order valence-electron chi connectivity index (χ1n) is 8.60. The lowest BCUT2D eigenvalue weighted by molar-refractivity contribution is -0.138. The smallest absolute Gasteiger partial charge is 0.263 e. The zero-order chi connectivity index (χ0) is 17.8. The standard InChI is InChI=1S/C19H24N4O2/c1-14-5-4-6-17(13-14)25-16(3)19(24)23-11-9-22(10-12-23)18-8-7-15(2)20-21-18/h4-8,13,16H,9-12H2,1-3H3. The lowest BCUT2D eigenvalue weighted by atomic mass is 10.2. The Kier molecular flexibility index (Phi) is 5.16. The molecule has 1 aromatic heterocycles. The molecule has 0 bridgehead atoms. The number of hydrogen-bond donors (Lipinski definition) is 0. The molecule has 1 aliphatic rings. The molecule has 1 aromatic carbocycles. The van der Waals surface area contributed by atoms with Crippen molar-refractivity contribution in [1.29, 1.82) is 0 Å².